The smallest absolute Gasteiger partial charge is 0.220 e. The van der Waals surface area contributed by atoms with Gasteiger partial charge in [0.25, 0.3) is 0 Å². The molecule has 0 spiro atoms. The first-order chi connectivity index (χ1) is 41.8. The minimum absolute atomic E-state index is 0.232. The van der Waals surface area contributed by atoms with Gasteiger partial charge in [-0.3, -0.25) is 4.79 Å². The van der Waals surface area contributed by atoms with Gasteiger partial charge in [-0.2, -0.15) is 0 Å². The van der Waals surface area contributed by atoms with Gasteiger partial charge < -0.3 is 89.9 Å². The van der Waals surface area contributed by atoms with Gasteiger partial charge in [-0.1, -0.05) is 209 Å². The van der Waals surface area contributed by atoms with Crippen molar-refractivity contribution in [2.75, 3.05) is 26.4 Å². The van der Waals surface area contributed by atoms with E-state index >= 15 is 0 Å². The quantitative estimate of drug-likeness (QED) is 0.0203. The van der Waals surface area contributed by atoms with E-state index in [-0.39, 0.29) is 18.9 Å². The Hall–Kier alpha value is -2.51. The van der Waals surface area contributed by atoms with E-state index in [4.69, 9.17) is 28.4 Å². The number of carbonyl (C=O) groups excluding carboxylic acids is 1. The lowest BCUT2D eigenvalue weighted by atomic mass is 9.96. The summed E-state index contributed by atoms with van der Waals surface area (Å²) in [4.78, 5) is 13.3. The number of aliphatic hydroxyl groups is 11. The SMILES string of the molecule is CC/C=C/CC/C=C/CC/C=C/C(O)C(COC1OC(CO)C(OC2OC(CO)C(OC3OC(CO)C(O)C(O)C3O)C(O)C2O)C(O)C1O)NC(=O)CCCCCCCCCCCCCCCCCCCCC/C=C\C/C=C\CCCCCCC. The highest BCUT2D eigenvalue weighted by molar-refractivity contribution is 5.76. The molecular weight excluding hydrogens is 1110 g/mol. The van der Waals surface area contributed by atoms with Crippen LogP contribution in [0.15, 0.2) is 60.8 Å². The first kappa shape index (κ1) is 77.7. The molecular formula is C67H119NO18. The number of hydrogen-bond donors (Lipinski definition) is 12. The van der Waals surface area contributed by atoms with Gasteiger partial charge in [0.2, 0.25) is 5.91 Å². The van der Waals surface area contributed by atoms with Gasteiger partial charge >= 0.3 is 0 Å². The molecule has 500 valence electrons. The van der Waals surface area contributed by atoms with E-state index in [0.717, 1.165) is 51.4 Å². The fraction of sp³-hybridized carbons (Fsp3) is 0.836. The number of nitrogens with one attached hydrogen (secondary N) is 1. The molecule has 0 aliphatic carbocycles. The Kier molecular flexibility index (Phi) is 44.5. The minimum atomic E-state index is -1.98. The Labute approximate surface area is 515 Å². The Morgan fingerprint density at radius 1 is 0.430 bits per heavy atom. The number of hydrogen-bond acceptors (Lipinski definition) is 18. The molecule has 19 nitrogen and oxygen atoms in total. The summed E-state index contributed by atoms with van der Waals surface area (Å²) in [5.41, 5.74) is 0. The van der Waals surface area contributed by atoms with Crippen molar-refractivity contribution in [3.63, 3.8) is 0 Å². The summed E-state index contributed by atoms with van der Waals surface area (Å²) in [5.74, 6) is -0.292. The van der Waals surface area contributed by atoms with E-state index < -0.39 is 124 Å². The van der Waals surface area contributed by atoms with Crippen molar-refractivity contribution in [3.05, 3.63) is 60.8 Å². The van der Waals surface area contributed by atoms with Crippen LogP contribution in [-0.4, -0.2) is 193 Å². The Balaban J connectivity index is 1.35. The lowest BCUT2D eigenvalue weighted by molar-refractivity contribution is -0.379. The van der Waals surface area contributed by atoms with Crippen LogP contribution in [0.3, 0.4) is 0 Å². The molecule has 86 heavy (non-hydrogen) atoms. The molecule has 1 amide bonds. The van der Waals surface area contributed by atoms with E-state index in [1.54, 1.807) is 6.08 Å². The van der Waals surface area contributed by atoms with E-state index in [0.29, 0.717) is 12.8 Å². The van der Waals surface area contributed by atoms with Gasteiger partial charge in [-0.25, -0.2) is 0 Å². The predicted molar refractivity (Wildman–Crippen MR) is 332 cm³/mol. The number of allylic oxidation sites excluding steroid dienone is 9. The first-order valence-electron chi connectivity index (χ1n) is 33.5. The molecule has 3 aliphatic heterocycles. The van der Waals surface area contributed by atoms with Crippen molar-refractivity contribution >= 4 is 5.91 Å². The van der Waals surface area contributed by atoms with Crippen LogP contribution in [0.5, 0.6) is 0 Å². The molecule has 17 atom stereocenters. The van der Waals surface area contributed by atoms with Crippen LogP contribution < -0.4 is 5.32 Å². The zero-order chi connectivity index (χ0) is 62.6. The molecule has 3 aliphatic rings. The summed E-state index contributed by atoms with van der Waals surface area (Å²) in [6.45, 7) is 1.55. The van der Waals surface area contributed by atoms with Crippen molar-refractivity contribution in [2.24, 2.45) is 0 Å². The van der Waals surface area contributed by atoms with E-state index in [1.165, 1.54) is 141 Å². The van der Waals surface area contributed by atoms with Gasteiger partial charge in [-0.15, -0.1) is 0 Å². The highest BCUT2D eigenvalue weighted by Crippen LogP contribution is 2.33. The summed E-state index contributed by atoms with van der Waals surface area (Å²) < 4.78 is 34.2. The highest BCUT2D eigenvalue weighted by atomic mass is 16.8. The number of unbranched alkanes of at least 4 members (excludes halogenated alkanes) is 26. The normalized spacial score (nSPS) is 29.2. The molecule has 17 unspecified atom stereocenters. The number of rotatable bonds is 50. The fourth-order valence-corrected chi connectivity index (χ4v) is 11.1. The maximum Gasteiger partial charge on any atom is 0.220 e. The summed E-state index contributed by atoms with van der Waals surface area (Å²) in [6, 6.07) is -0.995. The molecule has 19 heteroatoms. The van der Waals surface area contributed by atoms with Crippen LogP contribution in [-0.2, 0) is 33.2 Å². The molecule has 3 heterocycles. The van der Waals surface area contributed by atoms with E-state index in [9.17, 15) is 61.0 Å². The summed E-state index contributed by atoms with van der Waals surface area (Å²) in [6.07, 6.45) is 32.5. The molecule has 0 saturated carbocycles. The van der Waals surface area contributed by atoms with Crippen molar-refractivity contribution in [3.8, 4) is 0 Å². The molecule has 0 aromatic carbocycles. The van der Waals surface area contributed by atoms with Crippen molar-refractivity contribution in [1.82, 2.24) is 5.32 Å². The van der Waals surface area contributed by atoms with Crippen molar-refractivity contribution < 1.29 is 89.4 Å². The standard InChI is InChI=1S/C67H119NO18/c1-3-5-7-9-11-13-15-16-17-18-19-20-21-22-23-24-25-26-27-28-29-30-31-32-33-34-35-37-39-41-43-45-55(73)68-50(51(72)44-42-40-38-36-14-12-10-8-6-4-2)49-81-65-61(79)58(76)63(53(47-70)83-65)86-67-62(80)59(77)64(54(48-71)84-67)85-66-60(78)57(75)56(74)52(46-69)82-66/h6,8,14-16,18-19,36,42,44,50-54,56-67,69-72,74-80H,3-5,7,9-13,17,20-35,37-41,43,45-49H2,1-2H3,(H,68,73)/b8-6+,16-15-,19-18-,36-14+,44-42+. The third-order valence-corrected chi connectivity index (χ3v) is 16.5. The number of carbonyl (C=O) groups is 1. The second-order valence-electron chi connectivity index (χ2n) is 23.9. The van der Waals surface area contributed by atoms with Crippen molar-refractivity contribution in [1.29, 1.82) is 0 Å². The number of aliphatic hydroxyl groups excluding tert-OH is 11. The molecule has 3 saturated heterocycles. The number of amides is 1. The topological polar surface area (TPSA) is 307 Å². The number of ether oxygens (including phenoxy) is 6. The Morgan fingerprint density at radius 2 is 0.814 bits per heavy atom. The highest BCUT2D eigenvalue weighted by Gasteiger charge is 2.53. The van der Waals surface area contributed by atoms with Crippen LogP contribution in [0.4, 0.5) is 0 Å². The van der Waals surface area contributed by atoms with Crippen LogP contribution in [0.25, 0.3) is 0 Å². The fourth-order valence-electron chi connectivity index (χ4n) is 11.1. The average Bonchev–Trinajstić information content (AvgIpc) is 2.05. The summed E-state index contributed by atoms with van der Waals surface area (Å²) in [7, 11) is 0. The van der Waals surface area contributed by atoms with Crippen LogP contribution >= 0.6 is 0 Å². The average molecular weight is 1230 g/mol. The molecule has 12 N–H and O–H groups in total. The van der Waals surface area contributed by atoms with Gasteiger partial charge in [0, 0.05) is 6.42 Å². The maximum atomic E-state index is 13.3. The largest absolute Gasteiger partial charge is 0.394 e. The lowest BCUT2D eigenvalue weighted by Crippen LogP contribution is -2.66. The second kappa shape index (κ2) is 49.2. The monoisotopic (exact) mass is 1230 g/mol. The lowest BCUT2D eigenvalue weighted by Gasteiger charge is -2.48. The van der Waals surface area contributed by atoms with E-state index in [1.807, 2.05) is 6.08 Å². The van der Waals surface area contributed by atoms with Gasteiger partial charge in [0.05, 0.1) is 38.6 Å². The minimum Gasteiger partial charge on any atom is -0.394 e. The second-order valence-corrected chi connectivity index (χ2v) is 23.9. The van der Waals surface area contributed by atoms with Crippen LogP contribution in [0, 0.1) is 0 Å². The van der Waals surface area contributed by atoms with Crippen LogP contribution in [0.1, 0.15) is 226 Å². The van der Waals surface area contributed by atoms with Gasteiger partial charge in [0.1, 0.15) is 73.2 Å². The zero-order valence-electron chi connectivity index (χ0n) is 52.5. The van der Waals surface area contributed by atoms with Gasteiger partial charge in [-0.05, 0) is 70.6 Å². The predicted octanol–water partition coefficient (Wildman–Crippen LogP) is 7.99. The Bertz CT molecular complexity index is 1800. The summed E-state index contributed by atoms with van der Waals surface area (Å²) >= 11 is 0. The Morgan fingerprint density at radius 3 is 1.28 bits per heavy atom. The molecule has 3 fully saturated rings. The van der Waals surface area contributed by atoms with E-state index in [2.05, 4.69) is 67.8 Å². The third kappa shape index (κ3) is 31.5. The molecule has 0 aromatic rings. The molecule has 0 radical (unpaired) electrons. The zero-order valence-corrected chi connectivity index (χ0v) is 52.5. The molecule has 0 bridgehead atoms. The third-order valence-electron chi connectivity index (χ3n) is 16.5. The first-order valence-corrected chi connectivity index (χ1v) is 33.5. The summed E-state index contributed by atoms with van der Waals surface area (Å²) in [5, 5.41) is 120. The van der Waals surface area contributed by atoms with Gasteiger partial charge in [0.15, 0.2) is 18.9 Å². The van der Waals surface area contributed by atoms with Crippen molar-refractivity contribution in [2.45, 2.75) is 330 Å². The maximum absolute atomic E-state index is 13.3. The molecule has 0 aromatic heterocycles. The van der Waals surface area contributed by atoms with Crippen LogP contribution in [0.2, 0.25) is 0 Å². The molecule has 3 rings (SSSR count).